The molecule has 0 atom stereocenters. The van der Waals surface area contributed by atoms with Crippen molar-refractivity contribution >= 4 is 5.91 Å². The normalized spacial score (nSPS) is 11.1. The number of carbonyl (C=O) groups is 1. The second-order valence-corrected chi connectivity index (χ2v) is 4.47. The van der Waals surface area contributed by atoms with Gasteiger partial charge in [0, 0.05) is 6.07 Å². The van der Waals surface area contributed by atoms with E-state index < -0.39 is 11.4 Å². The first-order chi connectivity index (χ1) is 9.55. The third-order valence-corrected chi connectivity index (χ3v) is 3.31. The van der Waals surface area contributed by atoms with E-state index in [0.717, 1.165) is 0 Å². The summed E-state index contributed by atoms with van der Waals surface area (Å²) in [7, 11) is 2.98. The summed E-state index contributed by atoms with van der Waals surface area (Å²) in [5.41, 5.74) is -0.727. The van der Waals surface area contributed by atoms with Gasteiger partial charge in [0.05, 0.1) is 38.5 Å². The number of aliphatic hydroxyl groups is 2. The minimum Gasteiger partial charge on any atom is -0.497 e. The molecule has 0 spiro atoms. The van der Waals surface area contributed by atoms with Gasteiger partial charge in [-0.3, -0.25) is 4.79 Å². The van der Waals surface area contributed by atoms with E-state index in [9.17, 15) is 15.0 Å². The lowest BCUT2D eigenvalue weighted by Crippen LogP contribution is -2.53. The number of benzene rings is 1. The lowest BCUT2D eigenvalue weighted by Gasteiger charge is -2.29. The lowest BCUT2D eigenvalue weighted by atomic mass is 9.97. The highest BCUT2D eigenvalue weighted by atomic mass is 16.5. The first-order valence-electron chi connectivity index (χ1n) is 6.32. The van der Waals surface area contributed by atoms with Gasteiger partial charge in [0.15, 0.2) is 0 Å². The number of rotatable bonds is 7. The van der Waals surface area contributed by atoms with E-state index in [1.807, 2.05) is 0 Å². The number of hydrogen-bond acceptors (Lipinski definition) is 5. The van der Waals surface area contributed by atoms with Gasteiger partial charge in [-0.05, 0) is 18.6 Å². The summed E-state index contributed by atoms with van der Waals surface area (Å²) in [6, 6.07) is 4.81. The Morgan fingerprint density at radius 3 is 2.35 bits per heavy atom. The van der Waals surface area contributed by atoms with Gasteiger partial charge in [-0.1, -0.05) is 6.92 Å². The molecule has 0 radical (unpaired) electrons. The molecule has 0 unspecified atom stereocenters. The van der Waals surface area contributed by atoms with Gasteiger partial charge in [-0.25, -0.2) is 0 Å². The number of ether oxygens (including phenoxy) is 2. The highest BCUT2D eigenvalue weighted by Crippen LogP contribution is 2.25. The Hall–Kier alpha value is -1.79. The summed E-state index contributed by atoms with van der Waals surface area (Å²) >= 11 is 0. The number of aliphatic hydroxyl groups excluding tert-OH is 2. The Balaban J connectivity index is 3.03. The SMILES string of the molecule is CCC(CO)(CO)NC(=O)c1ccc(OC)cc1OC. The average molecular weight is 283 g/mol. The van der Waals surface area contributed by atoms with Crippen molar-refractivity contribution in [3.8, 4) is 11.5 Å². The van der Waals surface area contributed by atoms with E-state index >= 15 is 0 Å². The van der Waals surface area contributed by atoms with Crippen LogP contribution in [0.4, 0.5) is 0 Å². The van der Waals surface area contributed by atoms with Gasteiger partial charge >= 0.3 is 0 Å². The molecule has 0 aromatic heterocycles. The highest BCUT2D eigenvalue weighted by molar-refractivity contribution is 5.97. The second kappa shape index (κ2) is 7.12. The van der Waals surface area contributed by atoms with Crippen molar-refractivity contribution in [2.45, 2.75) is 18.9 Å². The molecule has 0 bridgehead atoms. The molecule has 112 valence electrons. The molecule has 0 aliphatic carbocycles. The van der Waals surface area contributed by atoms with Crippen LogP contribution in [0.5, 0.6) is 11.5 Å². The zero-order chi connectivity index (χ0) is 15.2. The van der Waals surface area contributed by atoms with Crippen LogP contribution in [0.2, 0.25) is 0 Å². The summed E-state index contributed by atoms with van der Waals surface area (Å²) < 4.78 is 10.2. The topological polar surface area (TPSA) is 88.0 Å². The van der Waals surface area contributed by atoms with Crippen molar-refractivity contribution in [1.29, 1.82) is 0 Å². The van der Waals surface area contributed by atoms with Crippen molar-refractivity contribution in [2.75, 3.05) is 27.4 Å². The van der Waals surface area contributed by atoms with E-state index in [2.05, 4.69) is 5.32 Å². The fourth-order valence-corrected chi connectivity index (χ4v) is 1.74. The van der Waals surface area contributed by atoms with Crippen LogP contribution in [0.1, 0.15) is 23.7 Å². The maximum absolute atomic E-state index is 12.3. The fourth-order valence-electron chi connectivity index (χ4n) is 1.74. The first-order valence-corrected chi connectivity index (χ1v) is 6.32. The number of methoxy groups -OCH3 is 2. The molecule has 1 aromatic carbocycles. The fraction of sp³-hybridized carbons (Fsp3) is 0.500. The summed E-state index contributed by atoms with van der Waals surface area (Å²) in [5.74, 6) is 0.515. The Labute approximate surface area is 118 Å². The molecule has 0 fully saturated rings. The third kappa shape index (κ3) is 3.40. The zero-order valence-corrected chi connectivity index (χ0v) is 12.0. The molecule has 6 nitrogen and oxygen atoms in total. The van der Waals surface area contributed by atoms with Crippen molar-refractivity contribution in [1.82, 2.24) is 5.32 Å². The van der Waals surface area contributed by atoms with E-state index in [4.69, 9.17) is 9.47 Å². The molecule has 0 aliphatic rings. The van der Waals surface area contributed by atoms with Crippen LogP contribution in [0.15, 0.2) is 18.2 Å². The summed E-state index contributed by atoms with van der Waals surface area (Å²) in [5, 5.41) is 21.4. The average Bonchev–Trinajstić information content (AvgIpc) is 2.51. The maximum Gasteiger partial charge on any atom is 0.255 e. The van der Waals surface area contributed by atoms with Crippen molar-refractivity contribution in [2.24, 2.45) is 0 Å². The minimum atomic E-state index is -1.04. The molecule has 3 N–H and O–H groups in total. The first kappa shape index (κ1) is 16.3. The largest absolute Gasteiger partial charge is 0.497 e. The number of hydrogen-bond donors (Lipinski definition) is 3. The standard InChI is InChI=1S/C14H21NO5/c1-4-14(8-16,9-17)15-13(18)11-6-5-10(19-2)7-12(11)20-3/h5-7,16-17H,4,8-9H2,1-3H3,(H,15,18). The van der Waals surface area contributed by atoms with Gasteiger partial charge in [0.25, 0.3) is 5.91 Å². The number of nitrogens with one attached hydrogen (secondary N) is 1. The second-order valence-electron chi connectivity index (χ2n) is 4.47. The Morgan fingerprint density at radius 2 is 1.90 bits per heavy atom. The Bertz CT molecular complexity index is 449. The van der Waals surface area contributed by atoms with E-state index in [-0.39, 0.29) is 13.2 Å². The summed E-state index contributed by atoms with van der Waals surface area (Å²) in [6.07, 6.45) is 0.407. The number of carbonyl (C=O) groups excluding carboxylic acids is 1. The van der Waals surface area contributed by atoms with Crippen molar-refractivity contribution in [3.05, 3.63) is 23.8 Å². The van der Waals surface area contributed by atoms with Crippen LogP contribution in [0.3, 0.4) is 0 Å². The summed E-state index contributed by atoms with van der Waals surface area (Å²) in [4.78, 5) is 12.3. The van der Waals surface area contributed by atoms with Crippen LogP contribution in [0, 0.1) is 0 Å². The van der Waals surface area contributed by atoms with Crippen LogP contribution in [-0.2, 0) is 0 Å². The molecule has 0 aliphatic heterocycles. The smallest absolute Gasteiger partial charge is 0.255 e. The van der Waals surface area contributed by atoms with Crippen molar-refractivity contribution in [3.63, 3.8) is 0 Å². The molecule has 1 amide bonds. The van der Waals surface area contributed by atoms with Gasteiger partial charge in [0.2, 0.25) is 0 Å². The molecule has 0 heterocycles. The van der Waals surface area contributed by atoms with Crippen LogP contribution in [-0.4, -0.2) is 49.1 Å². The number of amides is 1. The molecular weight excluding hydrogens is 262 g/mol. The van der Waals surface area contributed by atoms with Gasteiger partial charge < -0.3 is 25.0 Å². The van der Waals surface area contributed by atoms with Gasteiger partial charge in [0.1, 0.15) is 11.5 Å². The quantitative estimate of drug-likeness (QED) is 0.681. The van der Waals surface area contributed by atoms with Crippen LogP contribution >= 0.6 is 0 Å². The summed E-state index contributed by atoms with van der Waals surface area (Å²) in [6.45, 7) is 1.09. The van der Waals surface area contributed by atoms with E-state index in [1.54, 1.807) is 25.1 Å². The Morgan fingerprint density at radius 1 is 1.25 bits per heavy atom. The molecule has 0 saturated heterocycles. The third-order valence-electron chi connectivity index (χ3n) is 3.31. The van der Waals surface area contributed by atoms with Crippen molar-refractivity contribution < 1.29 is 24.5 Å². The van der Waals surface area contributed by atoms with E-state index in [0.29, 0.717) is 23.5 Å². The molecule has 6 heteroatoms. The minimum absolute atomic E-state index is 0.313. The monoisotopic (exact) mass is 283 g/mol. The molecule has 1 aromatic rings. The predicted octanol–water partition coefficient (Wildman–Crippen LogP) is 0.567. The molecule has 0 saturated carbocycles. The van der Waals surface area contributed by atoms with Crippen LogP contribution in [0.25, 0.3) is 0 Å². The zero-order valence-electron chi connectivity index (χ0n) is 12.0. The van der Waals surface area contributed by atoms with Gasteiger partial charge in [-0.15, -0.1) is 0 Å². The van der Waals surface area contributed by atoms with E-state index in [1.165, 1.54) is 14.2 Å². The van der Waals surface area contributed by atoms with Gasteiger partial charge in [-0.2, -0.15) is 0 Å². The Kier molecular flexibility index (Phi) is 5.79. The maximum atomic E-state index is 12.3. The molecule has 1 rings (SSSR count). The highest BCUT2D eigenvalue weighted by Gasteiger charge is 2.29. The van der Waals surface area contributed by atoms with Crippen LogP contribution < -0.4 is 14.8 Å². The molecular formula is C14H21NO5. The predicted molar refractivity (Wildman–Crippen MR) is 74.2 cm³/mol. The lowest BCUT2D eigenvalue weighted by molar-refractivity contribution is 0.0650. The molecule has 20 heavy (non-hydrogen) atoms.